The lowest BCUT2D eigenvalue weighted by molar-refractivity contribution is -0.131. The molecule has 2 heterocycles. The Morgan fingerprint density at radius 3 is 1.86 bits per heavy atom. The number of azo groups is 2. The molecule has 0 spiro atoms. The molecule has 7 aromatic carbocycles. The van der Waals surface area contributed by atoms with Gasteiger partial charge in [-0.1, -0.05) is 84.9 Å². The Morgan fingerprint density at radius 1 is 0.643 bits per heavy atom. The van der Waals surface area contributed by atoms with Crippen LogP contribution in [0.25, 0.3) is 44.6 Å². The van der Waals surface area contributed by atoms with Gasteiger partial charge in [0.25, 0.3) is 0 Å². The fraction of sp³-hybridized carbons (Fsp3) is 0.0652. The SMILES string of the molecule is CC(=O)Oc1ccc2c(c1)/c(=C/c1ccc(N=Nc3cccc4ccccc34)c(O)c1)c1n2N(C)C(c2ccc(N=Nc3cccc4ccccc34)c(O)c2)C=1. The molecule has 10 nitrogen and oxygen atoms in total. The fourth-order valence-electron chi connectivity index (χ4n) is 7.37. The molecule has 2 N–H and O–H groups in total. The standard InChI is InChI=1S/C46H34N6O4/c1-28(53)56-33-19-22-42-37(26-33)36(23-29-17-20-40(45(54)24-29)49-47-38-15-7-11-30-9-3-5-13-34(30)38)44-27-43(51(2)52(42)44)32-18-21-41(46(55)25-32)50-48-39-16-8-12-31-10-4-6-14-35(31)39/h3-27,43,54-55H,1-2H3/b36-23-,49-47?,50-48?. The van der Waals surface area contributed by atoms with Crippen molar-refractivity contribution in [3.05, 3.63) is 161 Å². The molecule has 1 atom stereocenters. The van der Waals surface area contributed by atoms with E-state index in [2.05, 4.69) is 36.2 Å². The highest BCUT2D eigenvalue weighted by molar-refractivity contribution is 5.93. The average molecular weight is 735 g/mol. The molecule has 0 saturated heterocycles. The van der Waals surface area contributed by atoms with Crippen LogP contribution >= 0.6 is 0 Å². The summed E-state index contributed by atoms with van der Waals surface area (Å²) in [5, 5.41) is 48.7. The lowest BCUT2D eigenvalue weighted by atomic mass is 10.0. The Balaban J connectivity index is 1.08. The van der Waals surface area contributed by atoms with Gasteiger partial charge in [-0.2, -0.15) is 0 Å². The third-order valence-corrected chi connectivity index (χ3v) is 10.0. The van der Waals surface area contributed by atoms with Gasteiger partial charge in [-0.25, -0.2) is 0 Å². The van der Waals surface area contributed by atoms with Crippen molar-refractivity contribution in [1.82, 2.24) is 4.68 Å². The van der Waals surface area contributed by atoms with Gasteiger partial charge >= 0.3 is 5.97 Å². The molecule has 9 rings (SSSR count). The van der Waals surface area contributed by atoms with E-state index in [1.54, 1.807) is 30.3 Å². The molecule has 272 valence electrons. The van der Waals surface area contributed by atoms with Crippen molar-refractivity contribution in [2.75, 3.05) is 12.1 Å². The highest BCUT2D eigenvalue weighted by Gasteiger charge is 2.26. The van der Waals surface area contributed by atoms with Gasteiger partial charge in [-0.05, 0) is 88.6 Å². The number of nitrogens with zero attached hydrogens (tertiary/aromatic N) is 6. The van der Waals surface area contributed by atoms with E-state index in [4.69, 9.17) is 4.74 Å². The number of aromatic nitrogens is 1. The quantitative estimate of drug-likeness (QED) is 0.0958. The first-order valence-electron chi connectivity index (χ1n) is 18.1. The minimum absolute atomic E-state index is 0.0145. The number of ether oxygens (including phenoxy) is 1. The topological polar surface area (TPSA) is 124 Å². The first-order chi connectivity index (χ1) is 27.3. The van der Waals surface area contributed by atoms with Crippen LogP contribution in [-0.4, -0.2) is 27.9 Å². The first kappa shape index (κ1) is 34.2. The minimum atomic E-state index is -0.413. The van der Waals surface area contributed by atoms with Crippen LogP contribution in [0.15, 0.2) is 160 Å². The van der Waals surface area contributed by atoms with Crippen molar-refractivity contribution in [2.24, 2.45) is 20.5 Å². The van der Waals surface area contributed by atoms with Crippen molar-refractivity contribution in [1.29, 1.82) is 0 Å². The zero-order chi connectivity index (χ0) is 38.3. The van der Waals surface area contributed by atoms with E-state index < -0.39 is 5.97 Å². The highest BCUT2D eigenvalue weighted by Crippen LogP contribution is 2.36. The molecular formula is C46H34N6O4. The van der Waals surface area contributed by atoms with E-state index in [0.29, 0.717) is 22.8 Å². The number of fused-ring (bicyclic) bond motifs is 5. The maximum Gasteiger partial charge on any atom is 0.308 e. The van der Waals surface area contributed by atoms with Gasteiger partial charge < -0.3 is 20.0 Å². The molecule has 0 radical (unpaired) electrons. The third kappa shape index (κ3) is 6.28. The van der Waals surface area contributed by atoms with Gasteiger partial charge in [0.15, 0.2) is 0 Å². The molecule has 8 aromatic rings. The summed E-state index contributed by atoms with van der Waals surface area (Å²) in [6, 6.07) is 43.6. The fourth-order valence-corrected chi connectivity index (χ4v) is 7.37. The number of phenolic OH excluding ortho intramolecular Hbond substituents is 2. The van der Waals surface area contributed by atoms with Gasteiger partial charge in [-0.3, -0.25) is 9.47 Å². The molecule has 1 unspecified atom stereocenters. The number of phenols is 2. The second kappa shape index (κ2) is 14.0. The van der Waals surface area contributed by atoms with Crippen LogP contribution in [0.5, 0.6) is 17.2 Å². The van der Waals surface area contributed by atoms with Gasteiger partial charge in [-0.15, -0.1) is 20.5 Å². The van der Waals surface area contributed by atoms with Gasteiger partial charge in [0, 0.05) is 35.3 Å². The van der Waals surface area contributed by atoms with Crippen molar-refractivity contribution in [3.63, 3.8) is 0 Å². The van der Waals surface area contributed by atoms with Crippen LogP contribution in [0.1, 0.15) is 24.1 Å². The zero-order valence-electron chi connectivity index (χ0n) is 30.4. The Kier molecular flexibility index (Phi) is 8.55. The number of carbonyl (C=O) groups excluding carboxylic acids is 1. The van der Waals surface area contributed by atoms with Crippen LogP contribution < -0.4 is 20.3 Å². The normalized spacial score (nSPS) is 14.4. The summed E-state index contributed by atoms with van der Waals surface area (Å²) in [5.74, 6) is 0.00754. The zero-order valence-corrected chi connectivity index (χ0v) is 30.4. The molecule has 0 amide bonds. The van der Waals surface area contributed by atoms with Crippen LogP contribution in [0.3, 0.4) is 0 Å². The Bertz CT molecular complexity index is 3050. The van der Waals surface area contributed by atoms with Gasteiger partial charge in [0.05, 0.1) is 28.3 Å². The lowest BCUT2D eigenvalue weighted by Crippen LogP contribution is -2.35. The third-order valence-electron chi connectivity index (χ3n) is 10.0. The maximum atomic E-state index is 11.9. The van der Waals surface area contributed by atoms with E-state index in [0.717, 1.165) is 59.8 Å². The highest BCUT2D eigenvalue weighted by atomic mass is 16.5. The molecule has 0 aliphatic carbocycles. The number of esters is 1. The van der Waals surface area contributed by atoms with E-state index in [1.807, 2.05) is 122 Å². The predicted octanol–water partition coefficient (Wildman–Crippen LogP) is 10.0. The average Bonchev–Trinajstić information content (AvgIpc) is 3.70. The second-order valence-corrected chi connectivity index (χ2v) is 13.6. The molecule has 0 fully saturated rings. The molecule has 1 aliphatic rings. The molecule has 1 aromatic heterocycles. The summed E-state index contributed by atoms with van der Waals surface area (Å²) < 4.78 is 7.57. The van der Waals surface area contributed by atoms with Crippen LogP contribution in [0, 0.1) is 0 Å². The summed E-state index contributed by atoms with van der Waals surface area (Å²) in [6.07, 6.45) is 4.11. The second-order valence-electron chi connectivity index (χ2n) is 13.6. The monoisotopic (exact) mass is 734 g/mol. The number of hydrogen-bond acceptors (Lipinski definition) is 9. The number of aromatic hydroxyl groups is 2. The molecule has 56 heavy (non-hydrogen) atoms. The number of hydrogen-bond donors (Lipinski definition) is 2. The molecule has 0 saturated carbocycles. The predicted molar refractivity (Wildman–Crippen MR) is 220 cm³/mol. The number of carbonyl (C=O) groups is 1. The van der Waals surface area contributed by atoms with Crippen molar-refractivity contribution in [3.8, 4) is 17.2 Å². The summed E-state index contributed by atoms with van der Waals surface area (Å²) >= 11 is 0. The molecule has 0 bridgehead atoms. The summed E-state index contributed by atoms with van der Waals surface area (Å²) in [5.41, 5.74) is 4.60. The Morgan fingerprint density at radius 2 is 1.23 bits per heavy atom. The van der Waals surface area contributed by atoms with Gasteiger partial charge in [0.2, 0.25) is 0 Å². The Hall–Kier alpha value is -7.59. The number of benzene rings is 7. The number of rotatable bonds is 7. The van der Waals surface area contributed by atoms with E-state index in [9.17, 15) is 15.0 Å². The summed E-state index contributed by atoms with van der Waals surface area (Å²) in [6.45, 7) is 1.37. The van der Waals surface area contributed by atoms with Crippen LogP contribution in [-0.2, 0) is 4.79 Å². The van der Waals surface area contributed by atoms with E-state index >= 15 is 0 Å². The lowest BCUT2D eigenvalue weighted by Gasteiger charge is -2.25. The first-order valence-corrected chi connectivity index (χ1v) is 18.1. The molecule has 10 heteroatoms. The maximum absolute atomic E-state index is 11.9. The van der Waals surface area contributed by atoms with Crippen LogP contribution in [0.4, 0.5) is 22.7 Å². The largest absolute Gasteiger partial charge is 0.506 e. The van der Waals surface area contributed by atoms with Gasteiger partial charge in [0.1, 0.15) is 28.6 Å². The van der Waals surface area contributed by atoms with Crippen LogP contribution in [0.2, 0.25) is 0 Å². The van der Waals surface area contributed by atoms with E-state index in [1.165, 1.54) is 6.92 Å². The summed E-state index contributed by atoms with van der Waals surface area (Å²) in [4.78, 5) is 11.9. The van der Waals surface area contributed by atoms with Crippen molar-refractivity contribution in [2.45, 2.75) is 13.0 Å². The van der Waals surface area contributed by atoms with Crippen molar-refractivity contribution < 1.29 is 19.7 Å². The Labute approximate surface area is 320 Å². The van der Waals surface area contributed by atoms with E-state index in [-0.39, 0.29) is 17.5 Å². The minimum Gasteiger partial charge on any atom is -0.506 e. The molecule has 1 aliphatic heterocycles. The molecular weight excluding hydrogens is 701 g/mol. The summed E-state index contributed by atoms with van der Waals surface area (Å²) in [7, 11) is 1.98. The van der Waals surface area contributed by atoms with Crippen molar-refractivity contribution >= 4 is 73.3 Å². The smallest absolute Gasteiger partial charge is 0.308 e.